The molecule has 0 spiro atoms. The average molecular weight is 282 g/mol. The molecular formula is C15H14N4O2. The number of nitrogens with one attached hydrogen (secondary N) is 1. The lowest BCUT2D eigenvalue weighted by molar-refractivity contribution is -0.116. The molecule has 3 amide bonds. The molecule has 1 heterocycles. The largest absolute Gasteiger partial charge is 0.336 e. The summed E-state index contributed by atoms with van der Waals surface area (Å²) in [5.41, 5.74) is 4.13. The number of hydrogen-bond acceptors (Lipinski definition) is 3. The first-order valence-electron chi connectivity index (χ1n) is 6.47. The number of hydrazine groups is 1. The summed E-state index contributed by atoms with van der Waals surface area (Å²) < 4.78 is 0. The van der Waals surface area contributed by atoms with Crippen LogP contribution in [0.25, 0.3) is 0 Å². The van der Waals surface area contributed by atoms with Gasteiger partial charge in [-0.25, -0.2) is 10.6 Å². The van der Waals surface area contributed by atoms with E-state index in [0.29, 0.717) is 11.4 Å². The van der Waals surface area contributed by atoms with E-state index >= 15 is 0 Å². The van der Waals surface area contributed by atoms with Crippen molar-refractivity contribution in [1.29, 1.82) is 0 Å². The molecule has 106 valence electrons. The molecule has 2 aromatic carbocycles. The van der Waals surface area contributed by atoms with E-state index in [-0.39, 0.29) is 12.5 Å². The summed E-state index contributed by atoms with van der Waals surface area (Å²) in [5, 5.41) is 0. The predicted octanol–water partition coefficient (Wildman–Crippen LogP) is 1.75. The van der Waals surface area contributed by atoms with Crippen molar-refractivity contribution in [2.45, 2.75) is 0 Å². The Hall–Kier alpha value is -2.86. The Morgan fingerprint density at radius 3 is 2.29 bits per heavy atom. The first-order chi connectivity index (χ1) is 10.2. The fourth-order valence-electron chi connectivity index (χ4n) is 2.43. The number of hydrogen-bond donors (Lipinski definition) is 2. The molecule has 21 heavy (non-hydrogen) atoms. The minimum absolute atomic E-state index is 0.0606. The van der Waals surface area contributed by atoms with E-state index in [2.05, 4.69) is 5.43 Å². The van der Waals surface area contributed by atoms with Crippen molar-refractivity contribution in [3.05, 3.63) is 54.6 Å². The fraction of sp³-hybridized carbons (Fsp3) is 0.0667. The molecule has 0 radical (unpaired) electrons. The van der Waals surface area contributed by atoms with E-state index in [1.54, 1.807) is 17.0 Å². The molecule has 6 heteroatoms. The van der Waals surface area contributed by atoms with Gasteiger partial charge in [0.25, 0.3) is 5.91 Å². The number of rotatable bonds is 1. The predicted molar refractivity (Wildman–Crippen MR) is 80.1 cm³/mol. The third-order valence-electron chi connectivity index (χ3n) is 3.34. The molecule has 0 fully saturated rings. The van der Waals surface area contributed by atoms with Gasteiger partial charge in [0, 0.05) is 5.69 Å². The Bertz CT molecular complexity index is 687. The zero-order valence-electron chi connectivity index (χ0n) is 11.2. The first kappa shape index (κ1) is 13.1. The first-order valence-corrected chi connectivity index (χ1v) is 6.47. The fourth-order valence-corrected chi connectivity index (χ4v) is 2.43. The van der Waals surface area contributed by atoms with Crippen LogP contribution in [0.4, 0.5) is 21.9 Å². The van der Waals surface area contributed by atoms with Crippen LogP contribution in [0.5, 0.6) is 0 Å². The molecule has 0 unspecified atom stereocenters. The topological polar surface area (TPSA) is 78.7 Å². The highest BCUT2D eigenvalue weighted by molar-refractivity contribution is 6.14. The normalized spacial score (nSPS) is 13.9. The second kappa shape index (κ2) is 5.26. The second-order valence-corrected chi connectivity index (χ2v) is 4.59. The summed E-state index contributed by atoms with van der Waals surface area (Å²) in [4.78, 5) is 27.2. The van der Waals surface area contributed by atoms with Crippen molar-refractivity contribution in [3.8, 4) is 0 Å². The molecule has 0 saturated heterocycles. The van der Waals surface area contributed by atoms with Crippen molar-refractivity contribution >= 4 is 29.0 Å². The summed E-state index contributed by atoms with van der Waals surface area (Å²) in [7, 11) is 0. The molecule has 6 nitrogen and oxygen atoms in total. The van der Waals surface area contributed by atoms with Gasteiger partial charge >= 0.3 is 6.03 Å². The molecule has 0 aromatic heterocycles. The molecule has 1 aliphatic heterocycles. The standard InChI is InChI=1S/C15H14N4O2/c16-17-15(21)18-10-14(20)19(11-6-2-1-3-7-11)13-9-5-4-8-12(13)18/h1-9H,10,16H2,(H,17,21). The lowest BCUT2D eigenvalue weighted by Crippen LogP contribution is -2.51. The van der Waals surface area contributed by atoms with Crippen LogP contribution in [-0.2, 0) is 4.79 Å². The molecule has 0 bridgehead atoms. The Labute approximate surface area is 121 Å². The number of fused-ring (bicyclic) bond motifs is 1. The number of nitrogens with two attached hydrogens (primary N) is 1. The highest BCUT2D eigenvalue weighted by Gasteiger charge is 2.32. The van der Waals surface area contributed by atoms with Gasteiger partial charge in [-0.1, -0.05) is 30.3 Å². The quantitative estimate of drug-likeness (QED) is 0.475. The average Bonchev–Trinajstić information content (AvgIpc) is 2.54. The van der Waals surface area contributed by atoms with Crippen molar-refractivity contribution < 1.29 is 9.59 Å². The van der Waals surface area contributed by atoms with Crippen LogP contribution in [0.2, 0.25) is 0 Å². The van der Waals surface area contributed by atoms with E-state index in [4.69, 9.17) is 5.84 Å². The van der Waals surface area contributed by atoms with Gasteiger partial charge in [-0.3, -0.25) is 20.0 Å². The Morgan fingerprint density at radius 1 is 1.00 bits per heavy atom. The minimum atomic E-state index is -0.511. The highest BCUT2D eigenvalue weighted by atomic mass is 16.2. The molecule has 0 saturated carbocycles. The SMILES string of the molecule is NNC(=O)N1CC(=O)N(c2ccccc2)c2ccccc21. The number of carbonyl (C=O) groups is 2. The van der Waals surface area contributed by atoms with E-state index in [0.717, 1.165) is 5.69 Å². The van der Waals surface area contributed by atoms with Gasteiger partial charge in [-0.05, 0) is 24.3 Å². The van der Waals surface area contributed by atoms with Gasteiger partial charge in [0.2, 0.25) is 0 Å². The Morgan fingerprint density at radius 2 is 1.62 bits per heavy atom. The van der Waals surface area contributed by atoms with Crippen molar-refractivity contribution in [3.63, 3.8) is 0 Å². The van der Waals surface area contributed by atoms with Crippen molar-refractivity contribution in [2.24, 2.45) is 5.84 Å². The van der Waals surface area contributed by atoms with E-state index in [1.807, 2.05) is 42.5 Å². The van der Waals surface area contributed by atoms with Crippen LogP contribution < -0.4 is 21.1 Å². The maximum Gasteiger partial charge on any atom is 0.336 e. The third kappa shape index (κ3) is 2.21. The van der Waals surface area contributed by atoms with Gasteiger partial charge in [0.1, 0.15) is 6.54 Å². The maximum atomic E-state index is 12.5. The van der Waals surface area contributed by atoms with Crippen LogP contribution in [0.15, 0.2) is 54.6 Å². The second-order valence-electron chi connectivity index (χ2n) is 4.59. The number of urea groups is 1. The summed E-state index contributed by atoms with van der Waals surface area (Å²) in [6.07, 6.45) is 0. The number of benzene rings is 2. The van der Waals surface area contributed by atoms with E-state index in [9.17, 15) is 9.59 Å². The Balaban J connectivity index is 2.12. The van der Waals surface area contributed by atoms with Gasteiger partial charge in [0.05, 0.1) is 11.4 Å². The van der Waals surface area contributed by atoms with E-state index < -0.39 is 6.03 Å². The summed E-state index contributed by atoms with van der Waals surface area (Å²) in [6, 6.07) is 16.0. The molecule has 3 rings (SSSR count). The molecule has 0 atom stereocenters. The van der Waals surface area contributed by atoms with Crippen LogP contribution in [0, 0.1) is 0 Å². The number of para-hydroxylation sites is 3. The van der Waals surface area contributed by atoms with Gasteiger partial charge in [-0.15, -0.1) is 0 Å². The van der Waals surface area contributed by atoms with Crippen LogP contribution in [0.1, 0.15) is 0 Å². The lowest BCUT2D eigenvalue weighted by Gasteiger charge is -2.35. The molecule has 3 N–H and O–H groups in total. The maximum absolute atomic E-state index is 12.5. The summed E-state index contributed by atoms with van der Waals surface area (Å²) in [6.45, 7) is -0.0606. The van der Waals surface area contributed by atoms with Crippen LogP contribution in [-0.4, -0.2) is 18.5 Å². The van der Waals surface area contributed by atoms with Gasteiger partial charge in [-0.2, -0.15) is 0 Å². The molecule has 0 aliphatic carbocycles. The van der Waals surface area contributed by atoms with E-state index in [1.165, 1.54) is 4.90 Å². The van der Waals surface area contributed by atoms with Crippen LogP contribution >= 0.6 is 0 Å². The van der Waals surface area contributed by atoms with Crippen molar-refractivity contribution in [1.82, 2.24) is 5.43 Å². The molecule has 2 aromatic rings. The summed E-state index contributed by atoms with van der Waals surface area (Å²) in [5.74, 6) is 4.99. The van der Waals surface area contributed by atoms with Crippen LogP contribution in [0.3, 0.4) is 0 Å². The van der Waals surface area contributed by atoms with Gasteiger partial charge < -0.3 is 0 Å². The number of carbonyl (C=O) groups excluding carboxylic acids is 2. The number of amides is 3. The van der Waals surface area contributed by atoms with Crippen molar-refractivity contribution in [2.75, 3.05) is 16.3 Å². The number of anilines is 3. The minimum Gasteiger partial charge on any atom is -0.282 e. The molecule has 1 aliphatic rings. The number of nitrogens with zero attached hydrogens (tertiary/aromatic N) is 2. The monoisotopic (exact) mass is 282 g/mol. The van der Waals surface area contributed by atoms with Gasteiger partial charge in [0.15, 0.2) is 0 Å². The summed E-state index contributed by atoms with van der Waals surface area (Å²) >= 11 is 0. The zero-order chi connectivity index (χ0) is 14.8. The molecular weight excluding hydrogens is 268 g/mol. The Kier molecular flexibility index (Phi) is 3.29. The smallest absolute Gasteiger partial charge is 0.282 e. The zero-order valence-corrected chi connectivity index (χ0v) is 11.2. The lowest BCUT2D eigenvalue weighted by atomic mass is 10.1. The third-order valence-corrected chi connectivity index (χ3v) is 3.34. The highest BCUT2D eigenvalue weighted by Crippen LogP contribution is 2.37.